The fraction of sp³-hybridized carbons (Fsp3) is 0.750. The first kappa shape index (κ1) is 6.09. The molecule has 0 aromatic carbocycles. The fourth-order valence-electron chi connectivity index (χ4n) is 0.223. The summed E-state index contributed by atoms with van der Waals surface area (Å²) in [4.78, 5) is 9.32. The standard InChI is InChI=1S/C4H6N2O/c5-3-1-2-4-6-7/h1-2,4H2. The third-order valence-corrected chi connectivity index (χ3v) is 0.538. The highest BCUT2D eigenvalue weighted by atomic mass is 16.3. The van der Waals surface area contributed by atoms with Crippen molar-refractivity contribution in [3.63, 3.8) is 0 Å². The summed E-state index contributed by atoms with van der Waals surface area (Å²) in [5.41, 5.74) is 0. The maximum Gasteiger partial charge on any atom is 0.0821 e. The third kappa shape index (κ3) is 5.09. The van der Waals surface area contributed by atoms with Crippen LogP contribution in [0.15, 0.2) is 5.18 Å². The Balaban J connectivity index is 2.72. The van der Waals surface area contributed by atoms with Crippen LogP contribution in [-0.2, 0) is 0 Å². The Bertz CT molecular complexity index is 84.2. The molecule has 0 spiro atoms. The Morgan fingerprint density at radius 2 is 2.43 bits per heavy atom. The van der Waals surface area contributed by atoms with Gasteiger partial charge in [0.15, 0.2) is 0 Å². The van der Waals surface area contributed by atoms with Gasteiger partial charge in [-0.2, -0.15) is 10.2 Å². The van der Waals surface area contributed by atoms with Gasteiger partial charge in [-0.05, 0) is 6.42 Å². The van der Waals surface area contributed by atoms with Crippen LogP contribution in [0, 0.1) is 16.2 Å². The number of rotatable bonds is 3. The van der Waals surface area contributed by atoms with Gasteiger partial charge in [-0.25, -0.2) is 0 Å². The molecule has 3 nitrogen and oxygen atoms in total. The van der Waals surface area contributed by atoms with Crippen molar-refractivity contribution in [1.82, 2.24) is 0 Å². The van der Waals surface area contributed by atoms with Gasteiger partial charge in [0.05, 0.1) is 12.6 Å². The molecule has 7 heavy (non-hydrogen) atoms. The minimum absolute atomic E-state index is 0.271. The second-order valence-corrected chi connectivity index (χ2v) is 1.11. The lowest BCUT2D eigenvalue weighted by Gasteiger charge is -1.76. The van der Waals surface area contributed by atoms with Crippen LogP contribution in [0.2, 0.25) is 0 Å². The highest BCUT2D eigenvalue weighted by Gasteiger charge is 1.80. The molecule has 0 radical (unpaired) electrons. The average molecular weight is 98.1 g/mol. The van der Waals surface area contributed by atoms with Crippen molar-refractivity contribution in [3.8, 4) is 6.07 Å². The number of nitrogens with zero attached hydrogens (tertiary/aromatic N) is 2. The maximum absolute atomic E-state index is 9.32. The first-order chi connectivity index (χ1) is 3.41. The molecule has 0 aliphatic rings. The summed E-state index contributed by atoms with van der Waals surface area (Å²) in [6.07, 6.45) is 1.03. The van der Waals surface area contributed by atoms with E-state index in [0.717, 1.165) is 0 Å². The summed E-state index contributed by atoms with van der Waals surface area (Å²) in [5.74, 6) is 0. The van der Waals surface area contributed by atoms with E-state index in [-0.39, 0.29) is 6.54 Å². The molecule has 38 valence electrons. The first-order valence-electron chi connectivity index (χ1n) is 2.08. The van der Waals surface area contributed by atoms with Gasteiger partial charge in [-0.3, -0.25) is 0 Å². The average Bonchev–Trinajstić information content (AvgIpc) is 1.69. The van der Waals surface area contributed by atoms with Gasteiger partial charge < -0.3 is 0 Å². The van der Waals surface area contributed by atoms with Crippen LogP contribution in [0.1, 0.15) is 12.8 Å². The van der Waals surface area contributed by atoms with Crippen molar-refractivity contribution < 1.29 is 0 Å². The first-order valence-corrected chi connectivity index (χ1v) is 2.08. The van der Waals surface area contributed by atoms with E-state index in [2.05, 4.69) is 5.18 Å². The Morgan fingerprint density at radius 1 is 1.71 bits per heavy atom. The Hall–Kier alpha value is -0.910. The summed E-state index contributed by atoms with van der Waals surface area (Å²) in [7, 11) is 0. The van der Waals surface area contributed by atoms with Crippen molar-refractivity contribution in [2.75, 3.05) is 6.54 Å². The highest BCUT2D eigenvalue weighted by Crippen LogP contribution is 1.84. The summed E-state index contributed by atoms with van der Waals surface area (Å²) in [6, 6.07) is 1.90. The van der Waals surface area contributed by atoms with E-state index in [1.165, 1.54) is 0 Å². The van der Waals surface area contributed by atoms with E-state index in [1.54, 1.807) is 0 Å². The minimum atomic E-state index is 0.271. The number of hydrogen-bond acceptors (Lipinski definition) is 3. The van der Waals surface area contributed by atoms with Gasteiger partial charge in [-0.1, -0.05) is 5.18 Å². The Kier molecular flexibility index (Phi) is 4.43. The largest absolute Gasteiger partial charge is 0.198 e. The van der Waals surface area contributed by atoms with Crippen molar-refractivity contribution in [2.24, 2.45) is 5.18 Å². The van der Waals surface area contributed by atoms with Gasteiger partial charge in [0, 0.05) is 6.42 Å². The van der Waals surface area contributed by atoms with Crippen LogP contribution in [0.4, 0.5) is 0 Å². The van der Waals surface area contributed by atoms with E-state index in [9.17, 15) is 4.91 Å². The Morgan fingerprint density at radius 3 is 2.86 bits per heavy atom. The second kappa shape index (κ2) is 5.09. The van der Waals surface area contributed by atoms with E-state index in [1.807, 2.05) is 6.07 Å². The lowest BCUT2D eigenvalue weighted by molar-refractivity contribution is 0.858. The predicted octanol–water partition coefficient (Wildman–Crippen LogP) is 1.06. The van der Waals surface area contributed by atoms with Crippen LogP contribution >= 0.6 is 0 Å². The van der Waals surface area contributed by atoms with Crippen LogP contribution in [-0.4, -0.2) is 6.54 Å². The van der Waals surface area contributed by atoms with Crippen molar-refractivity contribution in [2.45, 2.75) is 12.8 Å². The molecule has 0 aliphatic carbocycles. The van der Waals surface area contributed by atoms with Gasteiger partial charge in [-0.15, -0.1) is 0 Å². The SMILES string of the molecule is N#CCCCN=O. The van der Waals surface area contributed by atoms with E-state index in [4.69, 9.17) is 5.26 Å². The normalized spacial score (nSPS) is 7.29. The van der Waals surface area contributed by atoms with Gasteiger partial charge in [0.25, 0.3) is 0 Å². The molecule has 0 rings (SSSR count). The number of nitroso groups, excluding NO2 is 1. The molecular formula is C4H6N2O. The molecule has 0 amide bonds. The highest BCUT2D eigenvalue weighted by molar-refractivity contribution is 4.68. The number of unbranched alkanes of at least 4 members (excludes halogenated alkanes) is 1. The molecule has 0 N–H and O–H groups in total. The monoisotopic (exact) mass is 98.0 g/mol. The zero-order valence-electron chi connectivity index (χ0n) is 3.92. The lowest BCUT2D eigenvalue weighted by atomic mass is 10.3. The number of hydrogen-bond donors (Lipinski definition) is 0. The summed E-state index contributed by atoms with van der Waals surface area (Å²) in [5, 5.41) is 10.5. The second-order valence-electron chi connectivity index (χ2n) is 1.11. The van der Waals surface area contributed by atoms with Crippen molar-refractivity contribution in [1.29, 1.82) is 5.26 Å². The third-order valence-electron chi connectivity index (χ3n) is 0.538. The van der Waals surface area contributed by atoms with E-state index >= 15 is 0 Å². The molecule has 0 aromatic rings. The summed E-state index contributed by atoms with van der Waals surface area (Å²) < 4.78 is 0. The molecule has 0 aliphatic heterocycles. The van der Waals surface area contributed by atoms with Gasteiger partial charge >= 0.3 is 0 Å². The molecule has 0 fully saturated rings. The zero-order valence-corrected chi connectivity index (χ0v) is 3.92. The number of nitriles is 1. The molecule has 0 unspecified atom stereocenters. The zero-order chi connectivity index (χ0) is 5.54. The molecule has 3 heteroatoms. The fourth-order valence-corrected chi connectivity index (χ4v) is 0.223. The Labute approximate surface area is 41.9 Å². The molecular weight excluding hydrogens is 92.1 g/mol. The molecule has 0 saturated heterocycles. The smallest absolute Gasteiger partial charge is 0.0821 e. The van der Waals surface area contributed by atoms with Crippen molar-refractivity contribution >= 4 is 0 Å². The van der Waals surface area contributed by atoms with Crippen LogP contribution in [0.25, 0.3) is 0 Å². The van der Waals surface area contributed by atoms with E-state index in [0.29, 0.717) is 12.8 Å². The van der Waals surface area contributed by atoms with Crippen LogP contribution in [0.3, 0.4) is 0 Å². The minimum Gasteiger partial charge on any atom is -0.198 e. The molecule has 0 aromatic heterocycles. The summed E-state index contributed by atoms with van der Waals surface area (Å²) in [6.45, 7) is 0.271. The molecule has 0 saturated carbocycles. The van der Waals surface area contributed by atoms with Gasteiger partial charge in [0.2, 0.25) is 0 Å². The van der Waals surface area contributed by atoms with Gasteiger partial charge in [0.1, 0.15) is 0 Å². The maximum atomic E-state index is 9.32. The van der Waals surface area contributed by atoms with Crippen LogP contribution in [0.5, 0.6) is 0 Å². The molecule has 0 heterocycles. The van der Waals surface area contributed by atoms with Crippen LogP contribution < -0.4 is 0 Å². The van der Waals surface area contributed by atoms with Crippen molar-refractivity contribution in [3.05, 3.63) is 4.91 Å². The quantitative estimate of drug-likeness (QED) is 0.391. The summed E-state index contributed by atoms with van der Waals surface area (Å²) >= 11 is 0. The van der Waals surface area contributed by atoms with E-state index < -0.39 is 0 Å². The molecule has 0 bridgehead atoms. The molecule has 0 atom stereocenters. The topological polar surface area (TPSA) is 53.2 Å². The lowest BCUT2D eigenvalue weighted by Crippen LogP contribution is -1.74. The predicted molar refractivity (Wildman–Crippen MR) is 25.5 cm³/mol.